The third-order valence-corrected chi connectivity index (χ3v) is 4.73. The summed E-state index contributed by atoms with van der Waals surface area (Å²) in [6.07, 6.45) is 0.649. The summed E-state index contributed by atoms with van der Waals surface area (Å²) in [5.74, 6) is -0.698. The van der Waals surface area contributed by atoms with Gasteiger partial charge in [0.15, 0.2) is 0 Å². The molecule has 1 aliphatic heterocycles. The fraction of sp³-hybridized carbons (Fsp3) is 0.588. The van der Waals surface area contributed by atoms with Gasteiger partial charge in [-0.15, -0.1) is 0 Å². The molecule has 0 saturated carbocycles. The summed E-state index contributed by atoms with van der Waals surface area (Å²) in [5.41, 5.74) is 0.594. The molecular weight excluding hydrogens is 264 g/mol. The molecule has 4 heteroatoms. The molecular formula is C17H26N2O2. The number of benzene rings is 1. The average molecular weight is 290 g/mol. The maximum Gasteiger partial charge on any atom is 0.310 e. The normalized spacial score (nSPS) is 23.7. The number of piperazine rings is 1. The van der Waals surface area contributed by atoms with Gasteiger partial charge in [-0.1, -0.05) is 37.3 Å². The molecule has 1 aromatic rings. The molecule has 0 bridgehead atoms. The van der Waals surface area contributed by atoms with Crippen molar-refractivity contribution in [2.45, 2.75) is 26.3 Å². The fourth-order valence-corrected chi connectivity index (χ4v) is 2.92. The van der Waals surface area contributed by atoms with Crippen molar-refractivity contribution in [1.29, 1.82) is 0 Å². The van der Waals surface area contributed by atoms with Gasteiger partial charge >= 0.3 is 5.97 Å². The molecule has 0 aliphatic carbocycles. The number of rotatable bonds is 5. The maximum absolute atomic E-state index is 11.6. The monoisotopic (exact) mass is 290 g/mol. The number of carboxylic acids is 1. The van der Waals surface area contributed by atoms with Gasteiger partial charge in [0.25, 0.3) is 0 Å². The van der Waals surface area contributed by atoms with Crippen molar-refractivity contribution in [1.82, 2.24) is 9.80 Å². The van der Waals surface area contributed by atoms with E-state index in [0.29, 0.717) is 13.0 Å². The van der Waals surface area contributed by atoms with E-state index in [0.717, 1.165) is 19.6 Å². The molecule has 1 aromatic carbocycles. The number of carboxylic acid groups (broad SMARTS) is 1. The molecule has 1 heterocycles. The standard InChI is InChI=1S/C17H26N2O2/c1-4-17(2,16(20)21)13-19-11-10-18(3)12-15(19)14-8-6-5-7-9-14/h5-9,15H,4,10-13H2,1-3H3,(H,20,21). The van der Waals surface area contributed by atoms with Crippen LogP contribution in [0.2, 0.25) is 0 Å². The number of likely N-dealkylation sites (N-methyl/N-ethyl adjacent to an activating group) is 1. The fourth-order valence-electron chi connectivity index (χ4n) is 2.92. The highest BCUT2D eigenvalue weighted by Gasteiger charge is 2.37. The SMILES string of the molecule is CCC(C)(CN1CCN(C)CC1c1ccccc1)C(=O)O. The minimum atomic E-state index is -0.698. The Morgan fingerprint density at radius 1 is 1.33 bits per heavy atom. The zero-order valence-corrected chi connectivity index (χ0v) is 13.2. The first-order chi connectivity index (χ1) is 9.96. The van der Waals surface area contributed by atoms with Crippen LogP contribution in [0.15, 0.2) is 30.3 Å². The quantitative estimate of drug-likeness (QED) is 0.905. The molecule has 1 fully saturated rings. The minimum absolute atomic E-state index is 0.273. The molecule has 1 saturated heterocycles. The van der Waals surface area contributed by atoms with Crippen LogP contribution >= 0.6 is 0 Å². The Bertz CT molecular complexity index is 477. The van der Waals surface area contributed by atoms with Crippen molar-refractivity contribution in [2.24, 2.45) is 5.41 Å². The third kappa shape index (κ3) is 3.63. The van der Waals surface area contributed by atoms with Crippen LogP contribution in [0, 0.1) is 5.41 Å². The van der Waals surface area contributed by atoms with Crippen LogP contribution in [-0.2, 0) is 4.79 Å². The first-order valence-corrected chi connectivity index (χ1v) is 7.67. The summed E-state index contributed by atoms with van der Waals surface area (Å²) in [7, 11) is 2.13. The summed E-state index contributed by atoms with van der Waals surface area (Å²) in [5, 5.41) is 9.53. The van der Waals surface area contributed by atoms with Crippen molar-refractivity contribution < 1.29 is 9.90 Å². The second kappa shape index (κ2) is 6.58. The van der Waals surface area contributed by atoms with E-state index >= 15 is 0 Å². The van der Waals surface area contributed by atoms with E-state index in [4.69, 9.17) is 0 Å². The van der Waals surface area contributed by atoms with E-state index in [9.17, 15) is 9.90 Å². The van der Waals surface area contributed by atoms with Crippen LogP contribution in [0.3, 0.4) is 0 Å². The molecule has 2 unspecified atom stereocenters. The van der Waals surface area contributed by atoms with E-state index < -0.39 is 11.4 Å². The molecule has 2 rings (SSSR count). The van der Waals surface area contributed by atoms with Gasteiger partial charge in [-0.3, -0.25) is 9.69 Å². The lowest BCUT2D eigenvalue weighted by Crippen LogP contribution is -2.51. The van der Waals surface area contributed by atoms with Gasteiger partial charge in [0, 0.05) is 32.2 Å². The van der Waals surface area contributed by atoms with E-state index in [-0.39, 0.29) is 6.04 Å². The Kier molecular flexibility index (Phi) is 5.01. The van der Waals surface area contributed by atoms with Gasteiger partial charge in [-0.05, 0) is 26.0 Å². The lowest BCUT2D eigenvalue weighted by atomic mass is 9.86. The molecule has 2 atom stereocenters. The smallest absolute Gasteiger partial charge is 0.310 e. The second-order valence-electron chi connectivity index (χ2n) is 6.38. The van der Waals surface area contributed by atoms with Gasteiger partial charge < -0.3 is 10.0 Å². The highest BCUT2D eigenvalue weighted by molar-refractivity contribution is 5.74. The maximum atomic E-state index is 11.6. The van der Waals surface area contributed by atoms with Crippen LogP contribution in [0.5, 0.6) is 0 Å². The van der Waals surface area contributed by atoms with Gasteiger partial charge in [-0.25, -0.2) is 0 Å². The summed E-state index contributed by atoms with van der Waals surface area (Å²) < 4.78 is 0. The van der Waals surface area contributed by atoms with E-state index in [1.54, 1.807) is 0 Å². The molecule has 0 radical (unpaired) electrons. The third-order valence-electron chi connectivity index (χ3n) is 4.73. The highest BCUT2D eigenvalue weighted by Crippen LogP contribution is 2.30. The molecule has 1 N–H and O–H groups in total. The average Bonchev–Trinajstić information content (AvgIpc) is 2.49. The first-order valence-electron chi connectivity index (χ1n) is 7.67. The lowest BCUT2D eigenvalue weighted by molar-refractivity contribution is -0.150. The molecule has 21 heavy (non-hydrogen) atoms. The summed E-state index contributed by atoms with van der Waals surface area (Å²) >= 11 is 0. The zero-order valence-electron chi connectivity index (χ0n) is 13.2. The number of hydrogen-bond acceptors (Lipinski definition) is 3. The Labute approximate surface area is 127 Å². The van der Waals surface area contributed by atoms with Crippen LogP contribution in [0.4, 0.5) is 0 Å². The highest BCUT2D eigenvalue weighted by atomic mass is 16.4. The topological polar surface area (TPSA) is 43.8 Å². The number of hydrogen-bond donors (Lipinski definition) is 1. The van der Waals surface area contributed by atoms with Crippen molar-refractivity contribution in [3.05, 3.63) is 35.9 Å². The van der Waals surface area contributed by atoms with Gasteiger partial charge in [0.05, 0.1) is 5.41 Å². The molecule has 1 aliphatic rings. The van der Waals surface area contributed by atoms with Gasteiger partial charge in [-0.2, -0.15) is 0 Å². The predicted octanol–water partition coefficient (Wildman–Crippen LogP) is 2.48. The van der Waals surface area contributed by atoms with E-state index in [1.807, 2.05) is 19.9 Å². The summed E-state index contributed by atoms with van der Waals surface area (Å²) in [4.78, 5) is 16.3. The molecule has 0 amide bonds. The second-order valence-corrected chi connectivity index (χ2v) is 6.38. The van der Waals surface area contributed by atoms with Crippen molar-refractivity contribution in [3.8, 4) is 0 Å². The number of aliphatic carboxylic acids is 1. The van der Waals surface area contributed by atoms with Gasteiger partial charge in [0.1, 0.15) is 0 Å². The summed E-state index contributed by atoms with van der Waals surface area (Å²) in [6, 6.07) is 10.7. The van der Waals surface area contributed by atoms with Crippen LogP contribution in [0.25, 0.3) is 0 Å². The molecule has 0 aromatic heterocycles. The van der Waals surface area contributed by atoms with Crippen molar-refractivity contribution >= 4 is 5.97 Å². The Morgan fingerprint density at radius 2 is 2.00 bits per heavy atom. The Morgan fingerprint density at radius 3 is 2.57 bits per heavy atom. The van der Waals surface area contributed by atoms with Crippen LogP contribution < -0.4 is 0 Å². The van der Waals surface area contributed by atoms with Crippen molar-refractivity contribution in [2.75, 3.05) is 33.2 Å². The largest absolute Gasteiger partial charge is 0.481 e. The minimum Gasteiger partial charge on any atom is -0.481 e. The van der Waals surface area contributed by atoms with E-state index in [1.165, 1.54) is 5.56 Å². The number of carbonyl (C=O) groups is 1. The van der Waals surface area contributed by atoms with Crippen molar-refractivity contribution in [3.63, 3.8) is 0 Å². The number of nitrogens with zero attached hydrogens (tertiary/aromatic N) is 2. The van der Waals surface area contributed by atoms with Gasteiger partial charge in [0.2, 0.25) is 0 Å². The Balaban J connectivity index is 2.21. The first kappa shape index (κ1) is 16.0. The molecule has 4 nitrogen and oxygen atoms in total. The molecule has 0 spiro atoms. The van der Waals surface area contributed by atoms with Crippen LogP contribution in [0.1, 0.15) is 31.9 Å². The predicted molar refractivity (Wildman–Crippen MR) is 84.3 cm³/mol. The molecule has 116 valence electrons. The Hall–Kier alpha value is -1.39. The van der Waals surface area contributed by atoms with Crippen LogP contribution in [-0.4, -0.2) is 54.1 Å². The van der Waals surface area contributed by atoms with E-state index in [2.05, 4.69) is 41.1 Å². The summed E-state index contributed by atoms with van der Waals surface area (Å²) in [6.45, 7) is 7.27. The zero-order chi connectivity index (χ0) is 15.5. The lowest BCUT2D eigenvalue weighted by Gasteiger charge is -2.43.